The van der Waals surface area contributed by atoms with Crippen molar-refractivity contribution in [2.75, 3.05) is 6.61 Å². The molecular weight excluding hydrogens is 192 g/mol. The van der Waals surface area contributed by atoms with Crippen LogP contribution in [-0.4, -0.2) is 34.6 Å². The van der Waals surface area contributed by atoms with Crippen molar-refractivity contribution in [3.63, 3.8) is 0 Å². The van der Waals surface area contributed by atoms with E-state index in [-0.39, 0.29) is 6.10 Å². The lowest BCUT2D eigenvalue weighted by atomic mass is 9.91. The Morgan fingerprint density at radius 2 is 1.57 bits per heavy atom. The SMILES string of the molecule is CC(C(C1CO1)C(C)[N+](=O)[O-])[N+](=O)[O-]. The largest absolute Gasteiger partial charge is 0.372 e. The molecule has 3 unspecified atom stereocenters. The van der Waals surface area contributed by atoms with E-state index in [9.17, 15) is 20.2 Å². The molecular formula is C7H12N2O5. The van der Waals surface area contributed by atoms with E-state index in [1.54, 1.807) is 0 Å². The molecule has 0 aromatic carbocycles. The lowest BCUT2D eigenvalue weighted by Crippen LogP contribution is -2.41. The van der Waals surface area contributed by atoms with E-state index >= 15 is 0 Å². The van der Waals surface area contributed by atoms with Gasteiger partial charge in [0, 0.05) is 23.7 Å². The molecule has 1 heterocycles. The van der Waals surface area contributed by atoms with Gasteiger partial charge in [0.05, 0.1) is 12.7 Å². The highest BCUT2D eigenvalue weighted by molar-refractivity contribution is 4.86. The topological polar surface area (TPSA) is 98.8 Å². The minimum Gasteiger partial charge on any atom is -0.372 e. The predicted molar refractivity (Wildman–Crippen MR) is 46.1 cm³/mol. The molecule has 0 aliphatic carbocycles. The Kier molecular flexibility index (Phi) is 3.00. The fourth-order valence-corrected chi connectivity index (χ4v) is 1.58. The van der Waals surface area contributed by atoms with Gasteiger partial charge >= 0.3 is 0 Å². The van der Waals surface area contributed by atoms with Gasteiger partial charge in [0.15, 0.2) is 0 Å². The summed E-state index contributed by atoms with van der Waals surface area (Å²) in [5.74, 6) is -0.639. The van der Waals surface area contributed by atoms with Crippen LogP contribution < -0.4 is 0 Å². The van der Waals surface area contributed by atoms with Gasteiger partial charge in [-0.2, -0.15) is 0 Å². The van der Waals surface area contributed by atoms with Crippen molar-refractivity contribution >= 4 is 0 Å². The highest BCUT2D eigenvalue weighted by atomic mass is 16.6. The molecule has 80 valence electrons. The van der Waals surface area contributed by atoms with Gasteiger partial charge in [-0.3, -0.25) is 20.2 Å². The summed E-state index contributed by atoms with van der Waals surface area (Å²) in [7, 11) is 0. The molecule has 1 aliphatic rings. The molecule has 0 spiro atoms. The van der Waals surface area contributed by atoms with Crippen LogP contribution in [0.25, 0.3) is 0 Å². The Bertz CT molecular complexity index is 232. The smallest absolute Gasteiger partial charge is 0.222 e. The van der Waals surface area contributed by atoms with Crippen molar-refractivity contribution in [1.82, 2.24) is 0 Å². The van der Waals surface area contributed by atoms with Crippen molar-refractivity contribution < 1.29 is 14.6 Å². The molecule has 0 radical (unpaired) electrons. The highest BCUT2D eigenvalue weighted by Crippen LogP contribution is 2.28. The summed E-state index contributed by atoms with van der Waals surface area (Å²) in [5, 5.41) is 21.1. The second-order valence-corrected chi connectivity index (χ2v) is 3.50. The zero-order chi connectivity index (χ0) is 10.9. The summed E-state index contributed by atoms with van der Waals surface area (Å²) in [6, 6.07) is -1.88. The lowest BCUT2D eigenvalue weighted by Gasteiger charge is -2.16. The van der Waals surface area contributed by atoms with E-state index in [4.69, 9.17) is 4.74 Å². The fraction of sp³-hybridized carbons (Fsp3) is 1.00. The lowest BCUT2D eigenvalue weighted by molar-refractivity contribution is -0.571. The van der Waals surface area contributed by atoms with E-state index in [1.807, 2.05) is 0 Å². The van der Waals surface area contributed by atoms with Crippen LogP contribution in [0.1, 0.15) is 13.8 Å². The number of nitro groups is 2. The van der Waals surface area contributed by atoms with Crippen LogP contribution in [0.4, 0.5) is 0 Å². The molecule has 7 heteroatoms. The Hall–Kier alpha value is -1.24. The molecule has 0 aromatic rings. The van der Waals surface area contributed by atoms with Gasteiger partial charge in [-0.1, -0.05) is 0 Å². The summed E-state index contributed by atoms with van der Waals surface area (Å²) in [6.07, 6.45) is -0.323. The average molecular weight is 204 g/mol. The molecule has 0 saturated carbocycles. The van der Waals surface area contributed by atoms with Crippen molar-refractivity contribution in [1.29, 1.82) is 0 Å². The second-order valence-electron chi connectivity index (χ2n) is 3.50. The zero-order valence-electron chi connectivity index (χ0n) is 7.95. The van der Waals surface area contributed by atoms with Gasteiger partial charge in [-0.15, -0.1) is 0 Å². The van der Waals surface area contributed by atoms with E-state index in [1.165, 1.54) is 13.8 Å². The summed E-state index contributed by atoms with van der Waals surface area (Å²) in [5.41, 5.74) is 0. The minimum absolute atomic E-state index is 0.323. The predicted octanol–water partition coefficient (Wildman–Crippen LogP) is 0.332. The minimum atomic E-state index is -0.942. The van der Waals surface area contributed by atoms with Gasteiger partial charge in [-0.05, 0) is 0 Å². The van der Waals surface area contributed by atoms with Gasteiger partial charge in [0.2, 0.25) is 12.1 Å². The molecule has 0 aromatic heterocycles. The Morgan fingerprint density at radius 1 is 1.21 bits per heavy atom. The molecule has 0 bridgehead atoms. The first-order valence-electron chi connectivity index (χ1n) is 4.33. The van der Waals surface area contributed by atoms with Gasteiger partial charge in [-0.25, -0.2) is 0 Å². The maximum absolute atomic E-state index is 10.5. The molecule has 0 N–H and O–H groups in total. The quantitative estimate of drug-likeness (QED) is 0.365. The maximum Gasteiger partial charge on any atom is 0.222 e. The Balaban J connectivity index is 2.72. The Morgan fingerprint density at radius 3 is 1.79 bits per heavy atom. The van der Waals surface area contributed by atoms with Crippen LogP contribution in [0.5, 0.6) is 0 Å². The van der Waals surface area contributed by atoms with Crippen molar-refractivity contribution in [3.05, 3.63) is 20.2 Å². The van der Waals surface area contributed by atoms with Crippen LogP contribution in [-0.2, 0) is 4.74 Å². The average Bonchev–Trinajstić information content (AvgIpc) is 2.87. The van der Waals surface area contributed by atoms with Crippen LogP contribution >= 0.6 is 0 Å². The third kappa shape index (κ3) is 2.16. The summed E-state index contributed by atoms with van der Waals surface area (Å²) < 4.78 is 4.90. The third-order valence-corrected chi connectivity index (χ3v) is 2.57. The third-order valence-electron chi connectivity index (χ3n) is 2.57. The van der Waals surface area contributed by atoms with E-state index in [0.29, 0.717) is 6.61 Å². The first kappa shape index (κ1) is 10.8. The normalized spacial score (nSPS) is 26.3. The number of epoxide rings is 1. The highest BCUT2D eigenvalue weighted by Gasteiger charge is 2.49. The Labute approximate surface area is 80.3 Å². The monoisotopic (exact) mass is 204 g/mol. The van der Waals surface area contributed by atoms with Crippen molar-refractivity contribution in [3.8, 4) is 0 Å². The van der Waals surface area contributed by atoms with Crippen molar-refractivity contribution in [2.24, 2.45) is 5.92 Å². The number of hydrogen-bond acceptors (Lipinski definition) is 5. The molecule has 0 amide bonds. The van der Waals surface area contributed by atoms with E-state index in [2.05, 4.69) is 0 Å². The molecule has 1 saturated heterocycles. The number of hydrogen-bond donors (Lipinski definition) is 0. The van der Waals surface area contributed by atoms with Crippen LogP contribution in [0.3, 0.4) is 0 Å². The zero-order valence-corrected chi connectivity index (χ0v) is 7.95. The second kappa shape index (κ2) is 3.87. The maximum atomic E-state index is 10.5. The van der Waals surface area contributed by atoms with E-state index < -0.39 is 27.8 Å². The number of nitrogens with zero attached hydrogens (tertiary/aromatic N) is 2. The molecule has 1 rings (SSSR count). The summed E-state index contributed by atoms with van der Waals surface area (Å²) in [6.45, 7) is 3.15. The van der Waals surface area contributed by atoms with Crippen molar-refractivity contribution in [2.45, 2.75) is 32.0 Å². The first-order valence-corrected chi connectivity index (χ1v) is 4.33. The molecule has 14 heavy (non-hydrogen) atoms. The van der Waals surface area contributed by atoms with Crippen LogP contribution in [0.2, 0.25) is 0 Å². The first-order chi connectivity index (χ1) is 6.45. The van der Waals surface area contributed by atoms with Gasteiger partial charge in [0.1, 0.15) is 5.92 Å². The molecule has 1 aliphatic heterocycles. The molecule has 3 atom stereocenters. The molecule has 7 nitrogen and oxygen atoms in total. The molecule has 1 fully saturated rings. The standard InChI is InChI=1S/C7H12N2O5/c1-4(8(10)11)7(6-3-14-6)5(2)9(12)13/h4-7H,3H2,1-2H3. The number of ether oxygens (including phenoxy) is 1. The summed E-state index contributed by atoms with van der Waals surface area (Å²) >= 11 is 0. The van der Waals surface area contributed by atoms with Gasteiger partial charge < -0.3 is 4.74 Å². The van der Waals surface area contributed by atoms with E-state index in [0.717, 1.165) is 0 Å². The van der Waals surface area contributed by atoms with Gasteiger partial charge in [0.25, 0.3) is 0 Å². The number of rotatable bonds is 5. The fourth-order valence-electron chi connectivity index (χ4n) is 1.58. The van der Waals surface area contributed by atoms with Crippen LogP contribution in [0.15, 0.2) is 0 Å². The van der Waals surface area contributed by atoms with Crippen LogP contribution in [0, 0.1) is 26.1 Å². The summed E-state index contributed by atoms with van der Waals surface area (Å²) in [4.78, 5) is 20.1.